The van der Waals surface area contributed by atoms with Crippen LogP contribution in [0.15, 0.2) is 18.2 Å². The van der Waals surface area contributed by atoms with Gasteiger partial charge in [-0.3, -0.25) is 0 Å². The predicted octanol–water partition coefficient (Wildman–Crippen LogP) is 2.52. The molecule has 0 saturated carbocycles. The molecule has 1 aliphatic heterocycles. The Morgan fingerprint density at radius 1 is 1.31 bits per heavy atom. The van der Waals surface area contributed by atoms with Crippen molar-refractivity contribution >= 4 is 11.6 Å². The van der Waals surface area contributed by atoms with E-state index in [0.717, 1.165) is 0 Å². The third kappa shape index (κ3) is 1.68. The standard InChI is InChI=1S/C9H8ClFO2/c10-7-3-1-2-6(8(7)11)9-12-4-5-13-9/h1-3,9H,4-5H2. The smallest absolute Gasteiger partial charge is 0.186 e. The fraction of sp³-hybridized carbons (Fsp3) is 0.333. The Bertz CT molecular complexity index is 310. The second kappa shape index (κ2) is 3.62. The Balaban J connectivity index is 2.33. The van der Waals surface area contributed by atoms with Crippen molar-refractivity contribution in [1.82, 2.24) is 0 Å². The van der Waals surface area contributed by atoms with Crippen LogP contribution in [-0.2, 0) is 9.47 Å². The van der Waals surface area contributed by atoms with Gasteiger partial charge in [0.2, 0.25) is 0 Å². The van der Waals surface area contributed by atoms with Gasteiger partial charge in [0.05, 0.1) is 18.2 Å². The molecular weight excluding hydrogens is 195 g/mol. The lowest BCUT2D eigenvalue weighted by Crippen LogP contribution is -2.01. The summed E-state index contributed by atoms with van der Waals surface area (Å²) in [4.78, 5) is 0. The molecule has 1 heterocycles. The van der Waals surface area contributed by atoms with E-state index in [9.17, 15) is 4.39 Å². The van der Waals surface area contributed by atoms with Gasteiger partial charge >= 0.3 is 0 Å². The molecule has 1 fully saturated rings. The quantitative estimate of drug-likeness (QED) is 0.697. The van der Waals surface area contributed by atoms with E-state index >= 15 is 0 Å². The number of rotatable bonds is 1. The molecule has 4 heteroatoms. The molecule has 0 spiro atoms. The van der Waals surface area contributed by atoms with E-state index in [0.29, 0.717) is 18.8 Å². The Labute approximate surface area is 80.2 Å². The van der Waals surface area contributed by atoms with Crippen LogP contribution < -0.4 is 0 Å². The van der Waals surface area contributed by atoms with Gasteiger partial charge < -0.3 is 9.47 Å². The number of hydrogen-bond donors (Lipinski definition) is 0. The van der Waals surface area contributed by atoms with Gasteiger partial charge in [0, 0.05) is 5.56 Å². The monoisotopic (exact) mass is 202 g/mol. The van der Waals surface area contributed by atoms with Crippen molar-refractivity contribution in [1.29, 1.82) is 0 Å². The summed E-state index contributed by atoms with van der Waals surface area (Å²) in [6.45, 7) is 0.993. The molecule has 2 rings (SSSR count). The molecule has 0 N–H and O–H groups in total. The maximum absolute atomic E-state index is 13.4. The molecule has 0 unspecified atom stereocenters. The van der Waals surface area contributed by atoms with Gasteiger partial charge in [0.25, 0.3) is 0 Å². The number of hydrogen-bond acceptors (Lipinski definition) is 2. The molecular formula is C9H8ClFO2. The van der Waals surface area contributed by atoms with Crippen molar-refractivity contribution in [3.05, 3.63) is 34.6 Å². The van der Waals surface area contributed by atoms with E-state index in [4.69, 9.17) is 21.1 Å². The fourth-order valence-electron chi connectivity index (χ4n) is 1.24. The highest BCUT2D eigenvalue weighted by atomic mass is 35.5. The topological polar surface area (TPSA) is 18.5 Å². The fourth-order valence-corrected chi connectivity index (χ4v) is 1.42. The lowest BCUT2D eigenvalue weighted by Gasteiger charge is -2.10. The van der Waals surface area contributed by atoms with Gasteiger partial charge in [-0.1, -0.05) is 23.7 Å². The molecule has 0 amide bonds. The third-order valence-electron chi connectivity index (χ3n) is 1.86. The molecule has 2 nitrogen and oxygen atoms in total. The summed E-state index contributed by atoms with van der Waals surface area (Å²) in [5.74, 6) is -0.462. The summed E-state index contributed by atoms with van der Waals surface area (Å²) >= 11 is 5.61. The summed E-state index contributed by atoms with van der Waals surface area (Å²) < 4.78 is 23.7. The molecule has 1 aromatic rings. The van der Waals surface area contributed by atoms with Crippen LogP contribution in [0.3, 0.4) is 0 Å². The van der Waals surface area contributed by atoms with E-state index in [1.165, 1.54) is 6.07 Å². The third-order valence-corrected chi connectivity index (χ3v) is 2.15. The normalized spacial score (nSPS) is 18.0. The second-order valence-corrected chi connectivity index (χ2v) is 3.12. The zero-order valence-electron chi connectivity index (χ0n) is 6.80. The summed E-state index contributed by atoms with van der Waals surface area (Å²) in [5, 5.41) is 0.0941. The molecule has 13 heavy (non-hydrogen) atoms. The van der Waals surface area contributed by atoms with Crippen LogP contribution in [-0.4, -0.2) is 13.2 Å². The van der Waals surface area contributed by atoms with Gasteiger partial charge in [0.1, 0.15) is 5.82 Å². The van der Waals surface area contributed by atoms with Crippen LogP contribution >= 0.6 is 11.6 Å². The molecule has 1 saturated heterocycles. The minimum Gasteiger partial charge on any atom is -0.346 e. The highest BCUT2D eigenvalue weighted by Crippen LogP contribution is 2.28. The largest absolute Gasteiger partial charge is 0.346 e. The Hall–Kier alpha value is -0.640. The van der Waals surface area contributed by atoms with Crippen molar-refractivity contribution in [2.45, 2.75) is 6.29 Å². The number of halogens is 2. The van der Waals surface area contributed by atoms with Gasteiger partial charge in [-0.2, -0.15) is 0 Å². The highest BCUT2D eigenvalue weighted by Gasteiger charge is 2.22. The average molecular weight is 203 g/mol. The number of ether oxygens (including phenoxy) is 2. The molecule has 0 aromatic heterocycles. The first-order valence-corrected chi connectivity index (χ1v) is 4.34. The van der Waals surface area contributed by atoms with Crippen LogP contribution in [0.5, 0.6) is 0 Å². The highest BCUT2D eigenvalue weighted by molar-refractivity contribution is 6.30. The molecule has 0 radical (unpaired) electrons. The summed E-state index contributed by atoms with van der Waals surface area (Å²) in [6.07, 6.45) is -0.598. The van der Waals surface area contributed by atoms with E-state index in [1.807, 2.05) is 0 Å². The van der Waals surface area contributed by atoms with Crippen LogP contribution in [0.2, 0.25) is 5.02 Å². The summed E-state index contributed by atoms with van der Waals surface area (Å²) in [6, 6.07) is 4.78. The first-order valence-electron chi connectivity index (χ1n) is 3.96. The molecule has 0 bridgehead atoms. The Morgan fingerprint density at radius 2 is 2.00 bits per heavy atom. The van der Waals surface area contributed by atoms with Gasteiger partial charge in [-0.15, -0.1) is 0 Å². The van der Waals surface area contributed by atoms with Crippen molar-refractivity contribution in [2.24, 2.45) is 0 Å². The molecule has 70 valence electrons. The Kier molecular flexibility index (Phi) is 2.49. The van der Waals surface area contributed by atoms with Gasteiger partial charge in [0.15, 0.2) is 6.29 Å². The van der Waals surface area contributed by atoms with E-state index in [2.05, 4.69) is 0 Å². The van der Waals surface area contributed by atoms with Crippen molar-refractivity contribution in [2.75, 3.05) is 13.2 Å². The van der Waals surface area contributed by atoms with E-state index in [1.54, 1.807) is 12.1 Å². The van der Waals surface area contributed by atoms with Crippen LogP contribution in [0.4, 0.5) is 4.39 Å². The van der Waals surface area contributed by atoms with Crippen molar-refractivity contribution in [3.8, 4) is 0 Å². The molecule has 0 atom stereocenters. The average Bonchev–Trinajstić information content (AvgIpc) is 2.62. The van der Waals surface area contributed by atoms with E-state index in [-0.39, 0.29) is 5.02 Å². The SMILES string of the molecule is Fc1c(Cl)cccc1C1OCCO1. The zero-order chi connectivity index (χ0) is 9.26. The maximum Gasteiger partial charge on any atom is 0.186 e. The first kappa shape index (κ1) is 8.94. The van der Waals surface area contributed by atoms with Crippen LogP contribution in [0, 0.1) is 5.82 Å². The summed E-state index contributed by atoms with van der Waals surface area (Å²) in [7, 11) is 0. The lowest BCUT2D eigenvalue weighted by atomic mass is 10.2. The first-order chi connectivity index (χ1) is 6.29. The summed E-state index contributed by atoms with van der Waals surface area (Å²) in [5.41, 5.74) is 0.366. The second-order valence-electron chi connectivity index (χ2n) is 2.72. The van der Waals surface area contributed by atoms with Gasteiger partial charge in [-0.25, -0.2) is 4.39 Å². The molecule has 1 aliphatic rings. The Morgan fingerprint density at radius 3 is 2.69 bits per heavy atom. The zero-order valence-corrected chi connectivity index (χ0v) is 7.55. The van der Waals surface area contributed by atoms with Crippen molar-refractivity contribution < 1.29 is 13.9 Å². The lowest BCUT2D eigenvalue weighted by molar-refractivity contribution is -0.0464. The van der Waals surface area contributed by atoms with E-state index < -0.39 is 12.1 Å². The minimum absolute atomic E-state index is 0.0941. The minimum atomic E-state index is -0.598. The number of benzene rings is 1. The molecule has 1 aromatic carbocycles. The van der Waals surface area contributed by atoms with Crippen molar-refractivity contribution in [3.63, 3.8) is 0 Å². The molecule has 0 aliphatic carbocycles. The predicted molar refractivity (Wildman–Crippen MR) is 46.1 cm³/mol. The van der Waals surface area contributed by atoms with Crippen LogP contribution in [0.1, 0.15) is 11.9 Å². The maximum atomic E-state index is 13.4. The van der Waals surface area contributed by atoms with Crippen LogP contribution in [0.25, 0.3) is 0 Å². The van der Waals surface area contributed by atoms with Gasteiger partial charge in [-0.05, 0) is 6.07 Å².